The van der Waals surface area contributed by atoms with Crippen molar-refractivity contribution in [3.63, 3.8) is 0 Å². The Labute approximate surface area is 133 Å². The van der Waals surface area contributed by atoms with Crippen LogP contribution in [0.15, 0.2) is 34.7 Å². The number of rotatable bonds is 9. The summed E-state index contributed by atoms with van der Waals surface area (Å²) in [5, 5.41) is 0. The first-order valence-electron chi connectivity index (χ1n) is 5.56. The monoisotopic (exact) mass is 446 g/mol. The third kappa shape index (κ3) is 6.68. The van der Waals surface area contributed by atoms with Gasteiger partial charge in [0.1, 0.15) is 0 Å². The van der Waals surface area contributed by atoms with E-state index in [4.69, 9.17) is 0 Å². The van der Waals surface area contributed by atoms with Crippen LogP contribution in [0.3, 0.4) is 0 Å². The van der Waals surface area contributed by atoms with E-state index in [1.165, 1.54) is 28.0 Å². The van der Waals surface area contributed by atoms with E-state index < -0.39 is 0 Å². The Kier molecular flexibility index (Phi) is 11.6. The molecule has 4 heteroatoms. The Bertz CT molecular complexity index is 261. The van der Waals surface area contributed by atoms with Gasteiger partial charge in [-0.1, -0.05) is 0 Å². The van der Waals surface area contributed by atoms with E-state index in [0.29, 0.717) is 15.0 Å². The molecule has 0 N–H and O–H groups in total. The van der Waals surface area contributed by atoms with E-state index in [-0.39, 0.29) is 9.65 Å². The zero-order valence-electron chi connectivity index (χ0n) is 10.4. The molecule has 0 aliphatic heterocycles. The van der Waals surface area contributed by atoms with Crippen LogP contribution < -0.4 is 0 Å². The molecule has 0 radical (unpaired) electrons. The summed E-state index contributed by atoms with van der Waals surface area (Å²) in [6, 6.07) is 0. The van der Waals surface area contributed by atoms with Crippen LogP contribution in [-0.4, -0.2) is 30.4 Å². The number of halogens is 2. The average molecular weight is 447 g/mol. The van der Waals surface area contributed by atoms with Crippen LogP contribution in [0.5, 0.6) is 0 Å². The Balaban J connectivity index is 4.99. The van der Waals surface area contributed by atoms with Gasteiger partial charge in [0.25, 0.3) is 0 Å². The van der Waals surface area contributed by atoms with Crippen LogP contribution in [0.25, 0.3) is 0 Å². The Morgan fingerprint density at radius 3 is 2.18 bits per heavy atom. The molecule has 0 amide bonds. The van der Waals surface area contributed by atoms with E-state index in [1.807, 2.05) is 23.9 Å². The first-order chi connectivity index (χ1) is 8.12. The van der Waals surface area contributed by atoms with E-state index in [1.54, 1.807) is 0 Å². The molecule has 0 nitrogen and oxygen atoms in total. The summed E-state index contributed by atoms with van der Waals surface area (Å²) in [5.74, 6) is 3.48. The number of hydrogen-bond acceptors (Lipinski definition) is 1. The Morgan fingerprint density at radius 1 is 1.29 bits per heavy atom. The third-order valence-corrected chi connectivity index (χ3v) is 7.77. The van der Waals surface area contributed by atoms with Crippen molar-refractivity contribution in [1.82, 2.24) is 0 Å². The van der Waals surface area contributed by atoms with Crippen molar-refractivity contribution in [3.8, 4) is 0 Å². The molecule has 98 valence electrons. The van der Waals surface area contributed by atoms with Gasteiger partial charge in [0.15, 0.2) is 0 Å². The van der Waals surface area contributed by atoms with Crippen LogP contribution in [-0.2, 0) is 0 Å². The number of thioether (sulfide) groups is 1. The predicted molar refractivity (Wildman–Crippen MR) is 91.8 cm³/mol. The van der Waals surface area contributed by atoms with Crippen LogP contribution in [0.4, 0.5) is 0 Å². The maximum atomic E-state index is 3.87. The van der Waals surface area contributed by atoms with Crippen LogP contribution in [0, 0.1) is 0 Å². The first kappa shape index (κ1) is 18.0. The first-order valence-corrected chi connectivity index (χ1v) is 10.9. The molecule has 0 rings (SSSR count). The molecule has 0 aliphatic rings. The zero-order valence-corrected chi connectivity index (χ0v) is 16.1. The maximum absolute atomic E-state index is 3.87. The number of alkyl halides is 2. The molecule has 0 saturated heterocycles. The standard InChI is InChI=1S/C13H20Br2SSe/c1-5-8-9-16-13(17-4)12(10(14)6-2)11(15)7-3/h6-7,10-11H,2-3,5,8-9H2,1,4H3. The van der Waals surface area contributed by atoms with Gasteiger partial charge in [0, 0.05) is 0 Å². The third-order valence-electron chi connectivity index (χ3n) is 2.16. The van der Waals surface area contributed by atoms with Crippen LogP contribution in [0.1, 0.15) is 19.8 Å². The summed E-state index contributed by atoms with van der Waals surface area (Å²) in [5.41, 5.74) is 1.37. The van der Waals surface area contributed by atoms with Gasteiger partial charge in [-0.15, -0.1) is 0 Å². The molecular formula is C13H20Br2SSe. The molecule has 0 aromatic heterocycles. The minimum absolute atomic E-state index is 0.232. The van der Waals surface area contributed by atoms with Gasteiger partial charge in [-0.3, -0.25) is 0 Å². The summed E-state index contributed by atoms with van der Waals surface area (Å²) in [7, 11) is 0. The molecule has 0 heterocycles. The van der Waals surface area contributed by atoms with Crippen molar-refractivity contribution < 1.29 is 0 Å². The van der Waals surface area contributed by atoms with E-state index in [0.717, 1.165) is 0 Å². The quantitative estimate of drug-likeness (QED) is 0.198. The summed E-state index contributed by atoms with van der Waals surface area (Å²) < 4.78 is 1.51. The van der Waals surface area contributed by atoms with Crippen molar-refractivity contribution >= 4 is 58.6 Å². The van der Waals surface area contributed by atoms with Gasteiger partial charge < -0.3 is 0 Å². The van der Waals surface area contributed by atoms with E-state index >= 15 is 0 Å². The van der Waals surface area contributed by atoms with Gasteiger partial charge >= 0.3 is 134 Å². The van der Waals surface area contributed by atoms with Crippen molar-refractivity contribution in [2.75, 3.05) is 5.75 Å². The fourth-order valence-electron chi connectivity index (χ4n) is 1.20. The molecule has 17 heavy (non-hydrogen) atoms. The van der Waals surface area contributed by atoms with Crippen molar-refractivity contribution in [2.45, 2.75) is 35.2 Å². The van der Waals surface area contributed by atoms with Gasteiger partial charge in [-0.25, -0.2) is 0 Å². The number of hydrogen-bond donors (Lipinski definition) is 0. The zero-order chi connectivity index (χ0) is 13.3. The second-order valence-corrected chi connectivity index (χ2v) is 8.80. The topological polar surface area (TPSA) is 0 Å². The Morgan fingerprint density at radius 2 is 1.82 bits per heavy atom. The van der Waals surface area contributed by atoms with Gasteiger partial charge in [0.05, 0.1) is 0 Å². The van der Waals surface area contributed by atoms with Crippen LogP contribution >= 0.6 is 43.6 Å². The molecule has 0 spiro atoms. The van der Waals surface area contributed by atoms with Crippen molar-refractivity contribution in [2.24, 2.45) is 0 Å². The number of unbranched alkanes of at least 4 members (excludes halogenated alkanes) is 1. The summed E-state index contributed by atoms with van der Waals surface area (Å²) in [6.07, 6.45) is 6.42. The molecule has 0 aliphatic carbocycles. The molecule has 0 saturated carbocycles. The summed E-state index contributed by atoms with van der Waals surface area (Å²) in [6.45, 7) is 9.98. The molecule has 0 aromatic carbocycles. The molecular weight excluding hydrogens is 427 g/mol. The van der Waals surface area contributed by atoms with Gasteiger partial charge in [-0.2, -0.15) is 0 Å². The Hall–Kier alpha value is 1.05. The molecule has 0 bridgehead atoms. The summed E-state index contributed by atoms with van der Waals surface area (Å²) in [4.78, 5) is 0.464. The predicted octanol–water partition coefficient (Wildman–Crippen LogP) is 5.38. The van der Waals surface area contributed by atoms with Gasteiger partial charge in [0.2, 0.25) is 0 Å². The SMILES string of the molecule is C=CC(Br)C(=C(SCCCC)[Se]C)C(Br)C=C. The average Bonchev–Trinajstić information content (AvgIpc) is 2.36. The fraction of sp³-hybridized carbons (Fsp3) is 0.538. The van der Waals surface area contributed by atoms with E-state index in [9.17, 15) is 0 Å². The molecule has 2 atom stereocenters. The van der Waals surface area contributed by atoms with Crippen molar-refractivity contribution in [3.05, 3.63) is 34.7 Å². The molecule has 2 unspecified atom stereocenters. The van der Waals surface area contributed by atoms with Crippen molar-refractivity contribution in [1.29, 1.82) is 0 Å². The second-order valence-electron chi connectivity index (χ2n) is 3.42. The van der Waals surface area contributed by atoms with Gasteiger partial charge in [-0.05, 0) is 0 Å². The van der Waals surface area contributed by atoms with E-state index in [2.05, 4.69) is 57.8 Å². The minimum atomic E-state index is 0.232. The number of allylic oxidation sites excluding steroid dienone is 3. The molecule has 0 aromatic rings. The fourth-order valence-corrected chi connectivity index (χ4v) is 7.02. The molecule has 0 fully saturated rings. The van der Waals surface area contributed by atoms with Crippen LogP contribution in [0.2, 0.25) is 5.82 Å². The normalized spacial score (nSPS) is 13.9. The summed E-state index contributed by atoms with van der Waals surface area (Å²) >= 11 is 9.86. The second kappa shape index (κ2) is 10.9.